The molecule has 0 bridgehead atoms. The van der Waals surface area contributed by atoms with Crippen molar-refractivity contribution in [3.05, 3.63) is 29.8 Å². The van der Waals surface area contributed by atoms with E-state index in [0.29, 0.717) is 24.5 Å². The van der Waals surface area contributed by atoms with Crippen molar-refractivity contribution in [3.63, 3.8) is 0 Å². The summed E-state index contributed by atoms with van der Waals surface area (Å²) in [5.74, 6) is 0. The van der Waals surface area contributed by atoms with E-state index in [1.807, 2.05) is 6.07 Å². The third-order valence-electron chi connectivity index (χ3n) is 3.21. The number of ether oxygens (including phenoxy) is 1. The first-order chi connectivity index (χ1) is 8.57. The molecule has 1 saturated heterocycles. The number of methoxy groups -OCH3 is 1. The zero-order chi connectivity index (χ0) is 13.2. The standard InChI is InChI=1S/C12H18N2O3S/c1-17-11-5-6-14(9-11)18(15,16)12-4-2-3-10(7-12)8-13/h2-4,7,11H,5-6,8-9,13H2,1H3. The van der Waals surface area contributed by atoms with Gasteiger partial charge in [0, 0.05) is 26.7 Å². The Kier molecular flexibility index (Phi) is 4.01. The Bertz CT molecular complexity index is 516. The van der Waals surface area contributed by atoms with Crippen LogP contribution in [0.15, 0.2) is 29.2 Å². The minimum absolute atomic E-state index is 0.00235. The van der Waals surface area contributed by atoms with Crippen LogP contribution in [0.3, 0.4) is 0 Å². The number of sulfonamides is 1. The number of nitrogens with two attached hydrogens (primary N) is 1. The Morgan fingerprint density at radius 3 is 2.89 bits per heavy atom. The Morgan fingerprint density at radius 2 is 2.28 bits per heavy atom. The SMILES string of the molecule is COC1CCN(S(=O)(=O)c2cccc(CN)c2)C1. The average Bonchev–Trinajstić information content (AvgIpc) is 2.88. The molecule has 0 amide bonds. The lowest BCUT2D eigenvalue weighted by molar-refractivity contribution is 0.115. The summed E-state index contributed by atoms with van der Waals surface area (Å²) in [7, 11) is -1.81. The first kappa shape index (κ1) is 13.5. The Morgan fingerprint density at radius 1 is 1.50 bits per heavy atom. The lowest BCUT2D eigenvalue weighted by Crippen LogP contribution is -2.30. The molecule has 0 aliphatic carbocycles. The van der Waals surface area contributed by atoms with Gasteiger partial charge in [-0.05, 0) is 24.1 Å². The van der Waals surface area contributed by atoms with E-state index in [1.54, 1.807) is 25.3 Å². The van der Waals surface area contributed by atoms with Crippen LogP contribution in [0, 0.1) is 0 Å². The molecular formula is C12H18N2O3S. The van der Waals surface area contributed by atoms with Crippen LogP contribution in [0.1, 0.15) is 12.0 Å². The predicted molar refractivity (Wildman–Crippen MR) is 68.5 cm³/mol. The fourth-order valence-corrected chi connectivity index (χ4v) is 3.65. The maximum absolute atomic E-state index is 12.4. The fourth-order valence-electron chi connectivity index (χ4n) is 2.09. The van der Waals surface area contributed by atoms with Gasteiger partial charge in [0.25, 0.3) is 0 Å². The van der Waals surface area contributed by atoms with Crippen molar-refractivity contribution in [2.75, 3.05) is 20.2 Å². The van der Waals surface area contributed by atoms with Crippen molar-refractivity contribution in [2.24, 2.45) is 5.73 Å². The van der Waals surface area contributed by atoms with Crippen molar-refractivity contribution in [2.45, 2.75) is 24.0 Å². The topological polar surface area (TPSA) is 72.6 Å². The molecule has 0 saturated carbocycles. The molecule has 1 heterocycles. The molecule has 1 aromatic rings. The first-order valence-electron chi connectivity index (χ1n) is 5.90. The van der Waals surface area contributed by atoms with Gasteiger partial charge in [-0.15, -0.1) is 0 Å². The second-order valence-corrected chi connectivity index (χ2v) is 6.30. The van der Waals surface area contributed by atoms with Gasteiger partial charge >= 0.3 is 0 Å². The fraction of sp³-hybridized carbons (Fsp3) is 0.500. The normalized spacial score (nSPS) is 21.3. The highest BCUT2D eigenvalue weighted by Gasteiger charge is 2.32. The molecule has 100 valence electrons. The molecule has 0 spiro atoms. The zero-order valence-electron chi connectivity index (χ0n) is 10.4. The summed E-state index contributed by atoms with van der Waals surface area (Å²) in [6.45, 7) is 1.27. The van der Waals surface area contributed by atoms with Gasteiger partial charge < -0.3 is 10.5 Å². The summed E-state index contributed by atoms with van der Waals surface area (Å²) in [6, 6.07) is 6.78. The van der Waals surface area contributed by atoms with Gasteiger partial charge in [-0.3, -0.25) is 0 Å². The zero-order valence-corrected chi connectivity index (χ0v) is 11.2. The van der Waals surface area contributed by atoms with Crippen molar-refractivity contribution in [1.82, 2.24) is 4.31 Å². The van der Waals surface area contributed by atoms with Crippen LogP contribution in [0.25, 0.3) is 0 Å². The van der Waals surface area contributed by atoms with Crippen LogP contribution in [0.5, 0.6) is 0 Å². The number of benzene rings is 1. The lowest BCUT2D eigenvalue weighted by Gasteiger charge is -2.16. The Balaban J connectivity index is 2.25. The van der Waals surface area contributed by atoms with Crippen LogP contribution < -0.4 is 5.73 Å². The second-order valence-electron chi connectivity index (χ2n) is 4.36. The van der Waals surface area contributed by atoms with Crippen LogP contribution in [0.2, 0.25) is 0 Å². The van der Waals surface area contributed by atoms with E-state index in [1.165, 1.54) is 4.31 Å². The van der Waals surface area contributed by atoms with E-state index >= 15 is 0 Å². The molecule has 0 aromatic heterocycles. The van der Waals surface area contributed by atoms with E-state index in [2.05, 4.69) is 0 Å². The van der Waals surface area contributed by atoms with Gasteiger partial charge in [0.2, 0.25) is 10.0 Å². The molecule has 1 unspecified atom stereocenters. The Labute approximate surface area is 108 Å². The summed E-state index contributed by atoms with van der Waals surface area (Å²) < 4.78 is 31.4. The van der Waals surface area contributed by atoms with Crippen molar-refractivity contribution < 1.29 is 13.2 Å². The third-order valence-corrected chi connectivity index (χ3v) is 5.07. The lowest BCUT2D eigenvalue weighted by atomic mass is 10.2. The van der Waals surface area contributed by atoms with Crippen LogP contribution in [0.4, 0.5) is 0 Å². The molecule has 2 N–H and O–H groups in total. The number of hydrogen-bond donors (Lipinski definition) is 1. The van der Waals surface area contributed by atoms with Crippen molar-refractivity contribution in [1.29, 1.82) is 0 Å². The van der Waals surface area contributed by atoms with E-state index in [4.69, 9.17) is 10.5 Å². The summed E-state index contributed by atoms with van der Waals surface area (Å²) in [5, 5.41) is 0. The second kappa shape index (κ2) is 5.36. The predicted octanol–water partition coefficient (Wildman–Crippen LogP) is 0.555. The smallest absolute Gasteiger partial charge is 0.243 e. The summed E-state index contributed by atoms with van der Waals surface area (Å²) in [5.41, 5.74) is 6.35. The molecule has 1 fully saturated rings. The van der Waals surface area contributed by atoms with Gasteiger partial charge in [-0.25, -0.2) is 8.42 Å². The van der Waals surface area contributed by atoms with E-state index < -0.39 is 10.0 Å². The minimum atomic E-state index is -3.42. The van der Waals surface area contributed by atoms with Crippen LogP contribution in [-0.4, -0.2) is 39.0 Å². The highest BCUT2D eigenvalue weighted by Crippen LogP contribution is 2.22. The van der Waals surface area contributed by atoms with E-state index in [9.17, 15) is 8.42 Å². The van der Waals surface area contributed by atoms with Gasteiger partial charge in [-0.1, -0.05) is 12.1 Å². The molecule has 6 heteroatoms. The maximum atomic E-state index is 12.4. The molecule has 18 heavy (non-hydrogen) atoms. The molecule has 1 aromatic carbocycles. The molecule has 1 atom stereocenters. The maximum Gasteiger partial charge on any atom is 0.243 e. The van der Waals surface area contributed by atoms with Gasteiger partial charge in [0.1, 0.15) is 0 Å². The summed E-state index contributed by atoms with van der Waals surface area (Å²) in [6.07, 6.45) is 0.740. The van der Waals surface area contributed by atoms with E-state index in [-0.39, 0.29) is 6.10 Å². The monoisotopic (exact) mass is 270 g/mol. The Hall–Kier alpha value is -0.950. The summed E-state index contributed by atoms with van der Waals surface area (Å²) >= 11 is 0. The highest BCUT2D eigenvalue weighted by molar-refractivity contribution is 7.89. The molecule has 1 aliphatic rings. The van der Waals surface area contributed by atoms with E-state index in [0.717, 1.165) is 12.0 Å². The van der Waals surface area contributed by atoms with Crippen molar-refractivity contribution in [3.8, 4) is 0 Å². The molecule has 5 nitrogen and oxygen atoms in total. The average molecular weight is 270 g/mol. The molecule has 0 radical (unpaired) electrons. The number of rotatable bonds is 4. The molecule has 1 aliphatic heterocycles. The minimum Gasteiger partial charge on any atom is -0.380 e. The van der Waals surface area contributed by atoms with Crippen LogP contribution >= 0.6 is 0 Å². The van der Waals surface area contributed by atoms with Crippen LogP contribution in [-0.2, 0) is 21.3 Å². The molecule has 2 rings (SSSR count). The summed E-state index contributed by atoms with van der Waals surface area (Å²) in [4.78, 5) is 0.308. The van der Waals surface area contributed by atoms with Crippen molar-refractivity contribution >= 4 is 10.0 Å². The quantitative estimate of drug-likeness (QED) is 0.867. The van der Waals surface area contributed by atoms with Gasteiger partial charge in [0.15, 0.2) is 0 Å². The first-order valence-corrected chi connectivity index (χ1v) is 7.34. The highest BCUT2D eigenvalue weighted by atomic mass is 32.2. The third kappa shape index (κ3) is 2.56. The largest absolute Gasteiger partial charge is 0.380 e. The number of nitrogens with zero attached hydrogens (tertiary/aromatic N) is 1. The molecular weight excluding hydrogens is 252 g/mol. The van der Waals surface area contributed by atoms with Gasteiger partial charge in [-0.2, -0.15) is 4.31 Å². The van der Waals surface area contributed by atoms with Gasteiger partial charge in [0.05, 0.1) is 11.0 Å². The number of hydrogen-bond acceptors (Lipinski definition) is 4.